The first-order valence-electron chi connectivity index (χ1n) is 12.5. The number of hydrogen-bond donors (Lipinski definition) is 3. The fraction of sp³-hybridized carbons (Fsp3) is 0.161. The molecule has 0 radical (unpaired) electrons. The van der Waals surface area contributed by atoms with Crippen molar-refractivity contribution in [2.24, 2.45) is 0 Å². The van der Waals surface area contributed by atoms with Gasteiger partial charge in [0.15, 0.2) is 0 Å². The van der Waals surface area contributed by atoms with Crippen LogP contribution in [0.15, 0.2) is 103 Å². The summed E-state index contributed by atoms with van der Waals surface area (Å²) in [6.45, 7) is -0.0830. The van der Waals surface area contributed by atoms with Gasteiger partial charge in [-0.1, -0.05) is 72.8 Å². The minimum atomic E-state index is -1.01. The summed E-state index contributed by atoms with van der Waals surface area (Å²) in [6.07, 6.45) is 3.05. The van der Waals surface area contributed by atoms with E-state index in [2.05, 4.69) is 10.3 Å². The minimum absolute atomic E-state index is 0.00871. The molecule has 4 rings (SSSR count). The van der Waals surface area contributed by atoms with E-state index in [9.17, 15) is 24.6 Å². The lowest BCUT2D eigenvalue weighted by Crippen LogP contribution is -2.33. The Bertz CT molecular complexity index is 1430. The molecule has 39 heavy (non-hydrogen) atoms. The van der Waals surface area contributed by atoms with E-state index in [0.717, 1.165) is 11.1 Å². The molecule has 3 aromatic carbocycles. The van der Waals surface area contributed by atoms with Crippen LogP contribution in [0.25, 0.3) is 11.1 Å². The van der Waals surface area contributed by atoms with Crippen molar-refractivity contribution in [1.29, 1.82) is 0 Å². The van der Waals surface area contributed by atoms with E-state index in [-0.39, 0.29) is 32.0 Å². The summed E-state index contributed by atoms with van der Waals surface area (Å²) in [5.74, 6) is -1.76. The van der Waals surface area contributed by atoms with Crippen molar-refractivity contribution in [2.75, 3.05) is 13.2 Å². The second-order valence-electron chi connectivity index (χ2n) is 8.94. The van der Waals surface area contributed by atoms with Crippen LogP contribution in [0.5, 0.6) is 0 Å². The number of pyridine rings is 1. The van der Waals surface area contributed by atoms with E-state index in [1.54, 1.807) is 67.0 Å². The Morgan fingerprint density at radius 1 is 0.821 bits per heavy atom. The van der Waals surface area contributed by atoms with Gasteiger partial charge in [0.1, 0.15) is 0 Å². The molecule has 0 saturated carbocycles. The highest BCUT2D eigenvalue weighted by atomic mass is 16.4. The van der Waals surface area contributed by atoms with Crippen LogP contribution in [0, 0.1) is 0 Å². The molecule has 1 heterocycles. The SMILES string of the molecule is O=C(O)CCN(Cc1cccnc1)C(=O)c1ccccc1-c1ccccc1C(=O)N[C@H](CO)c1ccccc1. The van der Waals surface area contributed by atoms with Crippen LogP contribution in [0.2, 0.25) is 0 Å². The molecule has 2 amide bonds. The summed E-state index contributed by atoms with van der Waals surface area (Å²) < 4.78 is 0. The first-order chi connectivity index (χ1) is 19.0. The lowest BCUT2D eigenvalue weighted by molar-refractivity contribution is -0.137. The lowest BCUT2D eigenvalue weighted by Gasteiger charge is -2.24. The maximum absolute atomic E-state index is 13.8. The van der Waals surface area contributed by atoms with Gasteiger partial charge in [0.2, 0.25) is 0 Å². The monoisotopic (exact) mass is 523 g/mol. The Labute approximate surface area is 226 Å². The molecule has 0 unspecified atom stereocenters. The zero-order valence-electron chi connectivity index (χ0n) is 21.2. The maximum Gasteiger partial charge on any atom is 0.305 e. The topological polar surface area (TPSA) is 120 Å². The summed E-state index contributed by atoms with van der Waals surface area (Å²) >= 11 is 0. The van der Waals surface area contributed by atoms with Crippen LogP contribution >= 0.6 is 0 Å². The third-order valence-electron chi connectivity index (χ3n) is 6.29. The van der Waals surface area contributed by atoms with Gasteiger partial charge in [-0.05, 0) is 40.5 Å². The van der Waals surface area contributed by atoms with Gasteiger partial charge in [-0.25, -0.2) is 0 Å². The summed E-state index contributed by atoms with van der Waals surface area (Å²) in [7, 11) is 0. The Morgan fingerprint density at radius 2 is 1.46 bits per heavy atom. The summed E-state index contributed by atoms with van der Waals surface area (Å²) in [5.41, 5.74) is 3.31. The average molecular weight is 524 g/mol. The molecular weight excluding hydrogens is 494 g/mol. The summed E-state index contributed by atoms with van der Waals surface area (Å²) in [4.78, 5) is 44.1. The fourth-order valence-corrected chi connectivity index (χ4v) is 4.34. The standard InChI is InChI=1S/C31H29N3O5/c35-21-28(23-10-2-1-3-11-23)33-30(38)26-14-6-4-12-24(26)25-13-5-7-15-27(25)31(39)34(18-16-29(36)37)20-22-9-8-17-32-19-22/h1-15,17,19,28,35H,16,18,20-21H2,(H,33,38)(H,36,37)/t28-/m1/s1. The third-order valence-corrected chi connectivity index (χ3v) is 6.29. The van der Waals surface area contributed by atoms with Crippen molar-refractivity contribution in [1.82, 2.24) is 15.2 Å². The van der Waals surface area contributed by atoms with Crippen LogP contribution in [0.1, 0.15) is 44.3 Å². The Kier molecular flexibility index (Phi) is 9.16. The van der Waals surface area contributed by atoms with Crippen LogP contribution in [-0.4, -0.2) is 51.0 Å². The zero-order chi connectivity index (χ0) is 27.6. The van der Waals surface area contributed by atoms with Gasteiger partial charge in [0.05, 0.1) is 19.1 Å². The Hall–Kier alpha value is -4.82. The van der Waals surface area contributed by atoms with E-state index in [1.807, 2.05) is 36.4 Å². The van der Waals surface area contributed by atoms with Crippen molar-refractivity contribution in [3.63, 3.8) is 0 Å². The molecule has 0 fully saturated rings. The van der Waals surface area contributed by atoms with Gasteiger partial charge in [-0.3, -0.25) is 19.4 Å². The molecule has 0 aliphatic heterocycles. The molecular formula is C31H29N3O5. The molecule has 0 bridgehead atoms. The van der Waals surface area contributed by atoms with E-state index < -0.39 is 17.9 Å². The first-order valence-corrected chi connectivity index (χ1v) is 12.5. The highest BCUT2D eigenvalue weighted by molar-refractivity contribution is 6.06. The number of amides is 2. The molecule has 1 aromatic heterocycles. The predicted octanol–water partition coefficient (Wildman–Crippen LogP) is 4.33. The number of rotatable bonds is 11. The quantitative estimate of drug-likeness (QED) is 0.269. The number of carbonyl (C=O) groups is 3. The molecule has 8 heteroatoms. The van der Waals surface area contributed by atoms with Gasteiger partial charge in [-0.2, -0.15) is 0 Å². The summed E-state index contributed by atoms with van der Waals surface area (Å²) in [5, 5.41) is 22.1. The van der Waals surface area contributed by atoms with Gasteiger partial charge in [-0.15, -0.1) is 0 Å². The van der Waals surface area contributed by atoms with Gasteiger partial charge >= 0.3 is 5.97 Å². The van der Waals surface area contributed by atoms with E-state index in [4.69, 9.17) is 0 Å². The molecule has 4 aromatic rings. The smallest absolute Gasteiger partial charge is 0.305 e. The number of benzene rings is 3. The van der Waals surface area contributed by atoms with Crippen molar-refractivity contribution in [2.45, 2.75) is 19.0 Å². The van der Waals surface area contributed by atoms with Gasteiger partial charge in [0, 0.05) is 36.6 Å². The van der Waals surface area contributed by atoms with Crippen LogP contribution in [0.4, 0.5) is 0 Å². The molecule has 0 aliphatic rings. The highest BCUT2D eigenvalue weighted by Gasteiger charge is 2.24. The van der Waals surface area contributed by atoms with Crippen molar-refractivity contribution in [3.8, 4) is 11.1 Å². The second-order valence-corrected chi connectivity index (χ2v) is 8.94. The number of nitrogens with zero attached hydrogens (tertiary/aromatic N) is 2. The normalized spacial score (nSPS) is 11.4. The number of carboxylic acids is 1. The number of aliphatic hydroxyl groups excluding tert-OH is 1. The number of aliphatic hydroxyl groups is 1. The fourth-order valence-electron chi connectivity index (χ4n) is 4.34. The molecule has 3 N–H and O–H groups in total. The maximum atomic E-state index is 13.8. The minimum Gasteiger partial charge on any atom is -0.481 e. The van der Waals surface area contributed by atoms with Crippen molar-refractivity contribution in [3.05, 3.63) is 126 Å². The van der Waals surface area contributed by atoms with Crippen molar-refractivity contribution < 1.29 is 24.6 Å². The largest absolute Gasteiger partial charge is 0.481 e. The molecule has 0 spiro atoms. The summed E-state index contributed by atoms with van der Waals surface area (Å²) in [6, 6.07) is 26.1. The molecule has 0 saturated heterocycles. The lowest BCUT2D eigenvalue weighted by atomic mass is 9.94. The average Bonchev–Trinajstić information content (AvgIpc) is 2.98. The number of hydrogen-bond acceptors (Lipinski definition) is 5. The van der Waals surface area contributed by atoms with E-state index in [0.29, 0.717) is 22.3 Å². The predicted molar refractivity (Wildman–Crippen MR) is 147 cm³/mol. The van der Waals surface area contributed by atoms with E-state index in [1.165, 1.54) is 4.90 Å². The van der Waals surface area contributed by atoms with Crippen LogP contribution < -0.4 is 5.32 Å². The Morgan fingerprint density at radius 3 is 2.10 bits per heavy atom. The van der Waals surface area contributed by atoms with Gasteiger partial charge in [0.25, 0.3) is 11.8 Å². The molecule has 0 aliphatic carbocycles. The van der Waals surface area contributed by atoms with Crippen molar-refractivity contribution >= 4 is 17.8 Å². The first kappa shape index (κ1) is 27.2. The molecule has 198 valence electrons. The number of carboxylic acid groups (broad SMARTS) is 1. The molecule has 1 atom stereocenters. The van der Waals surface area contributed by atoms with Gasteiger partial charge < -0.3 is 20.4 Å². The number of nitrogens with one attached hydrogen (secondary N) is 1. The number of aliphatic carboxylic acids is 1. The third kappa shape index (κ3) is 6.94. The Balaban J connectivity index is 1.67. The number of aromatic nitrogens is 1. The van der Waals surface area contributed by atoms with E-state index >= 15 is 0 Å². The van der Waals surface area contributed by atoms with Crippen LogP contribution in [0.3, 0.4) is 0 Å². The second kappa shape index (κ2) is 13.1. The zero-order valence-corrected chi connectivity index (χ0v) is 21.2. The van der Waals surface area contributed by atoms with Crippen LogP contribution in [-0.2, 0) is 11.3 Å². The molecule has 8 nitrogen and oxygen atoms in total. The number of carbonyl (C=O) groups excluding carboxylic acids is 2. The highest BCUT2D eigenvalue weighted by Crippen LogP contribution is 2.29.